The minimum atomic E-state index is -1.58. The number of carbonyl (C=O) groups is 2. The molecule has 3 aromatic rings. The Kier molecular flexibility index (Phi) is 3.93. The number of carbonyl (C=O) groups excluding carboxylic acids is 1. The lowest BCUT2D eigenvalue weighted by molar-refractivity contribution is -0.140. The summed E-state index contributed by atoms with van der Waals surface area (Å²) >= 11 is 0. The number of nitrogens with one attached hydrogen (secondary N) is 1. The number of carboxylic acids is 1. The second-order valence-corrected chi connectivity index (χ2v) is 5.50. The fourth-order valence-electron chi connectivity index (χ4n) is 2.74. The zero-order chi connectivity index (χ0) is 18.3. The van der Waals surface area contributed by atoms with Crippen LogP contribution in [-0.4, -0.2) is 49.0 Å². The van der Waals surface area contributed by atoms with Gasteiger partial charge in [-0.25, -0.2) is 14.0 Å². The van der Waals surface area contributed by atoms with Gasteiger partial charge in [-0.15, -0.1) is 0 Å². The number of hydrogen-bond donors (Lipinski definition) is 4. The smallest absolute Gasteiger partial charge is 0.328 e. The minimum Gasteiger partial charge on any atom is -0.505 e. The van der Waals surface area contributed by atoms with E-state index in [4.69, 9.17) is 10.2 Å². The van der Waals surface area contributed by atoms with Gasteiger partial charge in [-0.05, 0) is 12.1 Å². The zero-order valence-electron chi connectivity index (χ0n) is 13.1. The summed E-state index contributed by atoms with van der Waals surface area (Å²) in [5.41, 5.74) is -0.495. The van der Waals surface area contributed by atoms with E-state index in [1.54, 1.807) is 30.3 Å². The number of benzene rings is 1. The molecule has 4 N–H and O–H groups in total. The SMILES string of the molecule is Cn1c(=O)c(C(=O)N[C@@H](CO)C(=O)O)c(O)c2cc3ccccc3n21. The Hall–Kier alpha value is -3.33. The molecule has 0 unspecified atom stereocenters. The van der Waals surface area contributed by atoms with Crippen LogP contribution in [0.3, 0.4) is 0 Å². The fourth-order valence-corrected chi connectivity index (χ4v) is 2.74. The number of aliphatic hydroxyl groups is 1. The predicted octanol–water partition coefficient (Wildman–Crippen LogP) is -0.328. The molecule has 0 aliphatic rings. The molecule has 0 saturated carbocycles. The van der Waals surface area contributed by atoms with Gasteiger partial charge >= 0.3 is 5.97 Å². The number of hydrogen-bond acceptors (Lipinski definition) is 5. The molecule has 0 fully saturated rings. The highest BCUT2D eigenvalue weighted by Gasteiger charge is 2.26. The molecule has 1 aromatic carbocycles. The summed E-state index contributed by atoms with van der Waals surface area (Å²) in [4.78, 5) is 35.8. The molecule has 9 nitrogen and oxygen atoms in total. The summed E-state index contributed by atoms with van der Waals surface area (Å²) in [5.74, 6) is -3.09. The van der Waals surface area contributed by atoms with Crippen molar-refractivity contribution in [2.24, 2.45) is 7.05 Å². The summed E-state index contributed by atoms with van der Waals surface area (Å²) < 4.78 is 2.62. The van der Waals surface area contributed by atoms with E-state index in [0.717, 1.165) is 10.1 Å². The van der Waals surface area contributed by atoms with Crippen LogP contribution in [0, 0.1) is 0 Å². The highest BCUT2D eigenvalue weighted by atomic mass is 16.4. The second-order valence-electron chi connectivity index (χ2n) is 5.50. The summed E-state index contributed by atoms with van der Waals surface area (Å²) in [7, 11) is 1.43. The lowest BCUT2D eigenvalue weighted by atomic mass is 10.2. The van der Waals surface area contributed by atoms with Gasteiger partial charge < -0.3 is 20.6 Å². The first kappa shape index (κ1) is 16.5. The molecule has 0 saturated heterocycles. The Labute approximate surface area is 140 Å². The Bertz CT molecular complexity index is 1070. The average molecular weight is 345 g/mol. The van der Waals surface area contributed by atoms with Gasteiger partial charge in [0.25, 0.3) is 11.5 Å². The van der Waals surface area contributed by atoms with Crippen molar-refractivity contribution in [3.8, 4) is 5.75 Å². The number of aliphatic carboxylic acids is 1. The maximum atomic E-state index is 12.5. The van der Waals surface area contributed by atoms with Crippen molar-refractivity contribution in [2.75, 3.05) is 6.61 Å². The highest BCUT2D eigenvalue weighted by Crippen LogP contribution is 2.27. The van der Waals surface area contributed by atoms with E-state index < -0.39 is 41.4 Å². The lowest BCUT2D eigenvalue weighted by Crippen LogP contribution is -2.45. The number of para-hydroxylation sites is 1. The van der Waals surface area contributed by atoms with Crippen LogP contribution < -0.4 is 10.9 Å². The summed E-state index contributed by atoms with van der Waals surface area (Å²) in [6.45, 7) is -0.848. The number of amides is 1. The average Bonchev–Trinajstić information content (AvgIpc) is 2.97. The van der Waals surface area contributed by atoms with Crippen LogP contribution in [0.2, 0.25) is 0 Å². The number of fused-ring (bicyclic) bond motifs is 3. The molecule has 0 bridgehead atoms. The zero-order valence-corrected chi connectivity index (χ0v) is 13.1. The van der Waals surface area contributed by atoms with Gasteiger partial charge in [-0.1, -0.05) is 18.2 Å². The minimum absolute atomic E-state index is 0.226. The predicted molar refractivity (Wildman–Crippen MR) is 87.8 cm³/mol. The van der Waals surface area contributed by atoms with E-state index in [1.807, 2.05) is 5.32 Å². The molecule has 9 heteroatoms. The number of carboxylic acid groups (broad SMARTS) is 1. The number of aliphatic hydroxyl groups excluding tert-OH is 1. The summed E-state index contributed by atoms with van der Waals surface area (Å²) in [6.07, 6.45) is 0. The monoisotopic (exact) mass is 345 g/mol. The molecule has 1 atom stereocenters. The van der Waals surface area contributed by atoms with E-state index in [2.05, 4.69) is 0 Å². The van der Waals surface area contributed by atoms with Crippen molar-refractivity contribution in [1.29, 1.82) is 0 Å². The Morgan fingerprint density at radius 3 is 2.56 bits per heavy atom. The van der Waals surface area contributed by atoms with Gasteiger partial charge in [0.15, 0.2) is 11.8 Å². The lowest BCUT2D eigenvalue weighted by Gasteiger charge is -2.14. The molecule has 0 spiro atoms. The number of nitrogens with zero attached hydrogens (tertiary/aromatic N) is 2. The molecular weight excluding hydrogens is 330 g/mol. The van der Waals surface area contributed by atoms with Gasteiger partial charge in [0.05, 0.1) is 12.1 Å². The van der Waals surface area contributed by atoms with Crippen LogP contribution in [0.15, 0.2) is 35.1 Å². The summed E-state index contributed by atoms with van der Waals surface area (Å²) in [5, 5.41) is 31.1. The first-order chi connectivity index (χ1) is 11.9. The number of aromatic hydroxyl groups is 1. The standard InChI is InChI=1S/C16H15N3O6/c1-18-15(23)12(14(22)17-9(7-20)16(24)25)13(21)11-6-8-4-2-3-5-10(8)19(11)18/h2-6,9,20-21H,7H2,1H3,(H,17,22)(H,24,25)/t9-/m0/s1. The van der Waals surface area contributed by atoms with Crippen molar-refractivity contribution in [1.82, 2.24) is 14.5 Å². The van der Waals surface area contributed by atoms with Crippen LogP contribution in [0.1, 0.15) is 10.4 Å². The number of aryl methyl sites for hydroxylation is 1. The molecule has 1 amide bonds. The van der Waals surface area contributed by atoms with Crippen LogP contribution in [0.5, 0.6) is 5.75 Å². The molecule has 2 heterocycles. The second kappa shape index (κ2) is 5.95. The maximum absolute atomic E-state index is 12.5. The normalized spacial score (nSPS) is 12.4. The molecule has 0 radical (unpaired) electrons. The van der Waals surface area contributed by atoms with Crippen LogP contribution in [0.4, 0.5) is 0 Å². The van der Waals surface area contributed by atoms with Gasteiger partial charge in [0.2, 0.25) is 0 Å². The van der Waals surface area contributed by atoms with E-state index in [0.29, 0.717) is 5.52 Å². The third-order valence-corrected chi connectivity index (χ3v) is 3.99. The topological polar surface area (TPSA) is 133 Å². The van der Waals surface area contributed by atoms with E-state index in [-0.39, 0.29) is 5.52 Å². The van der Waals surface area contributed by atoms with Gasteiger partial charge in [0, 0.05) is 12.4 Å². The Morgan fingerprint density at radius 1 is 1.24 bits per heavy atom. The van der Waals surface area contributed by atoms with Crippen LogP contribution in [0.25, 0.3) is 16.4 Å². The number of rotatable bonds is 4. The van der Waals surface area contributed by atoms with Gasteiger partial charge in [-0.3, -0.25) is 9.59 Å². The Balaban J connectivity index is 2.23. The van der Waals surface area contributed by atoms with Crippen molar-refractivity contribution in [2.45, 2.75) is 6.04 Å². The molecule has 2 aromatic heterocycles. The van der Waals surface area contributed by atoms with E-state index >= 15 is 0 Å². The van der Waals surface area contributed by atoms with Crippen LogP contribution >= 0.6 is 0 Å². The van der Waals surface area contributed by atoms with Crippen molar-refractivity contribution in [3.05, 3.63) is 46.2 Å². The maximum Gasteiger partial charge on any atom is 0.328 e. The van der Waals surface area contributed by atoms with Crippen molar-refractivity contribution in [3.63, 3.8) is 0 Å². The van der Waals surface area contributed by atoms with E-state index in [1.165, 1.54) is 11.6 Å². The molecule has 0 aliphatic heterocycles. The molecule has 25 heavy (non-hydrogen) atoms. The van der Waals surface area contributed by atoms with Crippen LogP contribution in [-0.2, 0) is 11.8 Å². The summed E-state index contributed by atoms with van der Waals surface area (Å²) in [6, 6.07) is 7.14. The first-order valence-corrected chi connectivity index (χ1v) is 7.33. The third-order valence-electron chi connectivity index (χ3n) is 3.99. The van der Waals surface area contributed by atoms with Crippen molar-refractivity contribution >= 4 is 28.3 Å². The largest absolute Gasteiger partial charge is 0.505 e. The van der Waals surface area contributed by atoms with Crippen molar-refractivity contribution < 1.29 is 24.9 Å². The van der Waals surface area contributed by atoms with Gasteiger partial charge in [-0.2, -0.15) is 0 Å². The fraction of sp³-hybridized carbons (Fsp3) is 0.188. The van der Waals surface area contributed by atoms with E-state index in [9.17, 15) is 19.5 Å². The Morgan fingerprint density at radius 2 is 1.92 bits per heavy atom. The molecule has 130 valence electrons. The quantitative estimate of drug-likeness (QED) is 0.512. The van der Waals surface area contributed by atoms with Gasteiger partial charge in [0.1, 0.15) is 11.1 Å². The highest BCUT2D eigenvalue weighted by molar-refractivity contribution is 6.01. The molecule has 3 rings (SSSR count). The first-order valence-electron chi connectivity index (χ1n) is 7.33. The third kappa shape index (κ3) is 2.50. The number of aromatic nitrogens is 2. The molecular formula is C16H15N3O6. The molecule has 0 aliphatic carbocycles.